The van der Waals surface area contributed by atoms with E-state index < -0.39 is 62.0 Å². The maximum atomic E-state index is 12.6. The van der Waals surface area contributed by atoms with Crippen molar-refractivity contribution >= 4 is 36.9 Å². The summed E-state index contributed by atoms with van der Waals surface area (Å²) in [4.78, 5) is 18.8. The van der Waals surface area contributed by atoms with Gasteiger partial charge in [0.1, 0.15) is 10.6 Å². The Bertz CT molecular complexity index is 1160. The van der Waals surface area contributed by atoms with Crippen LogP contribution < -0.4 is 4.72 Å². The number of nitro groups is 2. The second-order valence-electron chi connectivity index (χ2n) is 5.41. The van der Waals surface area contributed by atoms with E-state index >= 15 is 0 Å². The number of nitrogens with one attached hydrogen (secondary N) is 1. The number of rotatable bonds is 7. The summed E-state index contributed by atoms with van der Waals surface area (Å²) in [6.45, 7) is 0.896. The molecule has 0 spiro atoms. The van der Waals surface area contributed by atoms with Crippen molar-refractivity contribution < 1.29 is 31.8 Å². The number of aliphatic hydroxyl groups is 1. The topological polar surface area (TPSA) is 187 Å². The third-order valence-corrected chi connectivity index (χ3v) is 6.73. The molecule has 0 aliphatic carbocycles. The fraction of sp³-hybridized carbons (Fsp3) is 0.143. The number of benzene rings is 2. The van der Waals surface area contributed by atoms with Gasteiger partial charge in [-0.1, -0.05) is 12.1 Å². The van der Waals surface area contributed by atoms with Gasteiger partial charge in [-0.05, 0) is 19.1 Å². The maximum absolute atomic E-state index is 12.6. The SMILES string of the molecule is CC(O)S(=O)(=O)c1cccc([N+](=O)[O-])c1NS(=O)(=O)c1cccc([N+](=O)[O-])c1. The monoisotopic (exact) mass is 431 g/mol. The number of nitrogens with zero attached hydrogens (tertiary/aromatic N) is 2. The second-order valence-corrected chi connectivity index (χ2v) is 9.31. The fourth-order valence-corrected chi connectivity index (χ4v) is 4.43. The first-order chi connectivity index (χ1) is 12.9. The molecule has 0 heterocycles. The van der Waals surface area contributed by atoms with E-state index in [1.54, 1.807) is 4.72 Å². The first-order valence-electron chi connectivity index (χ1n) is 7.34. The number of sulfone groups is 1. The van der Waals surface area contributed by atoms with E-state index in [0.717, 1.165) is 43.3 Å². The standard InChI is InChI=1S/C14H13N3O9S2/c1-9(18)27(23,24)13-7-3-6-12(17(21)22)14(13)15-28(25,26)11-5-2-4-10(8-11)16(19)20/h2-9,15,18H,1H3. The van der Waals surface area contributed by atoms with Crippen molar-refractivity contribution in [2.75, 3.05) is 4.72 Å². The highest BCUT2D eigenvalue weighted by molar-refractivity contribution is 7.93. The van der Waals surface area contributed by atoms with Crippen LogP contribution in [0.3, 0.4) is 0 Å². The Hall–Kier alpha value is -3.10. The number of non-ortho nitro benzene ring substituents is 1. The van der Waals surface area contributed by atoms with Gasteiger partial charge in [0.25, 0.3) is 21.4 Å². The van der Waals surface area contributed by atoms with Gasteiger partial charge in [0.2, 0.25) is 9.84 Å². The fourth-order valence-electron chi connectivity index (χ4n) is 2.15. The van der Waals surface area contributed by atoms with E-state index in [-0.39, 0.29) is 0 Å². The van der Waals surface area contributed by atoms with E-state index in [1.807, 2.05) is 0 Å². The van der Waals surface area contributed by atoms with Crippen LogP contribution >= 0.6 is 0 Å². The van der Waals surface area contributed by atoms with Crippen molar-refractivity contribution in [3.8, 4) is 0 Å². The minimum atomic E-state index is -4.64. The number of nitro benzene ring substituents is 2. The average molecular weight is 431 g/mol. The second kappa shape index (κ2) is 7.49. The molecule has 0 fully saturated rings. The Balaban J connectivity index is 2.69. The molecule has 0 amide bonds. The first kappa shape index (κ1) is 21.2. The number of hydrogen-bond acceptors (Lipinski definition) is 9. The van der Waals surface area contributed by atoms with Gasteiger partial charge >= 0.3 is 0 Å². The molecule has 2 aromatic carbocycles. The summed E-state index contributed by atoms with van der Waals surface area (Å²) in [5.74, 6) is 0. The summed E-state index contributed by atoms with van der Waals surface area (Å²) in [5.41, 5.74) is -4.30. The first-order valence-corrected chi connectivity index (χ1v) is 10.4. The maximum Gasteiger partial charge on any atom is 0.294 e. The lowest BCUT2D eigenvalue weighted by molar-refractivity contribution is -0.385. The van der Waals surface area contributed by atoms with Crippen molar-refractivity contribution in [3.63, 3.8) is 0 Å². The van der Waals surface area contributed by atoms with Crippen LogP contribution in [0, 0.1) is 20.2 Å². The Kier molecular flexibility index (Phi) is 5.67. The van der Waals surface area contributed by atoms with Crippen molar-refractivity contribution in [2.45, 2.75) is 22.2 Å². The molecule has 0 aromatic heterocycles. The Morgan fingerprint density at radius 1 is 1.00 bits per heavy atom. The van der Waals surface area contributed by atoms with Crippen LogP contribution in [0.2, 0.25) is 0 Å². The molecule has 0 aliphatic rings. The lowest BCUT2D eigenvalue weighted by atomic mass is 10.3. The summed E-state index contributed by atoms with van der Waals surface area (Å²) in [6, 6.07) is 6.59. The third kappa shape index (κ3) is 4.08. The van der Waals surface area contributed by atoms with E-state index in [9.17, 15) is 42.2 Å². The molecule has 14 heteroatoms. The Morgan fingerprint density at radius 2 is 1.61 bits per heavy atom. The number of sulfonamides is 1. The van der Waals surface area contributed by atoms with Gasteiger partial charge in [0.05, 0.1) is 14.7 Å². The lowest BCUT2D eigenvalue weighted by Crippen LogP contribution is -2.21. The molecule has 12 nitrogen and oxygen atoms in total. The zero-order chi connectivity index (χ0) is 21.3. The van der Waals surface area contributed by atoms with Crippen LogP contribution in [0.5, 0.6) is 0 Å². The molecule has 0 saturated heterocycles. The largest absolute Gasteiger partial charge is 0.377 e. The predicted molar refractivity (Wildman–Crippen MR) is 95.9 cm³/mol. The molecule has 150 valence electrons. The van der Waals surface area contributed by atoms with Crippen LogP contribution in [0.25, 0.3) is 0 Å². The number of para-hydroxylation sites is 1. The lowest BCUT2D eigenvalue weighted by Gasteiger charge is -2.14. The molecule has 28 heavy (non-hydrogen) atoms. The van der Waals surface area contributed by atoms with Crippen molar-refractivity contribution in [1.29, 1.82) is 0 Å². The summed E-state index contributed by atoms with van der Waals surface area (Å²) < 4.78 is 51.6. The van der Waals surface area contributed by atoms with Crippen LogP contribution in [-0.2, 0) is 19.9 Å². The molecule has 0 aliphatic heterocycles. The summed E-state index contributed by atoms with van der Waals surface area (Å²) in [5, 5.41) is 31.6. The summed E-state index contributed by atoms with van der Waals surface area (Å²) >= 11 is 0. The van der Waals surface area contributed by atoms with Gasteiger partial charge in [0, 0.05) is 18.2 Å². The Morgan fingerprint density at radius 3 is 2.14 bits per heavy atom. The van der Waals surface area contributed by atoms with Crippen LogP contribution in [0.1, 0.15) is 6.92 Å². The minimum Gasteiger partial charge on any atom is -0.377 e. The van der Waals surface area contributed by atoms with Gasteiger partial charge in [-0.25, -0.2) is 16.8 Å². The highest BCUT2D eigenvalue weighted by Crippen LogP contribution is 2.35. The molecule has 0 saturated carbocycles. The van der Waals surface area contributed by atoms with Gasteiger partial charge in [0.15, 0.2) is 5.44 Å². The summed E-state index contributed by atoms with van der Waals surface area (Å²) in [7, 11) is -9.16. The van der Waals surface area contributed by atoms with Crippen molar-refractivity contribution in [3.05, 3.63) is 62.7 Å². The van der Waals surface area contributed by atoms with E-state index in [1.165, 1.54) is 0 Å². The van der Waals surface area contributed by atoms with Crippen LogP contribution in [0.4, 0.5) is 17.1 Å². The smallest absolute Gasteiger partial charge is 0.294 e. The highest BCUT2D eigenvalue weighted by atomic mass is 32.2. The predicted octanol–water partition coefficient (Wildman–Crippen LogP) is 1.42. The van der Waals surface area contributed by atoms with Crippen LogP contribution in [0.15, 0.2) is 52.3 Å². The molecule has 1 unspecified atom stereocenters. The van der Waals surface area contributed by atoms with Crippen LogP contribution in [-0.4, -0.2) is 37.2 Å². The summed E-state index contributed by atoms with van der Waals surface area (Å²) in [6.07, 6.45) is 0. The molecular weight excluding hydrogens is 418 g/mol. The quantitative estimate of drug-likeness (QED) is 0.482. The van der Waals surface area contributed by atoms with E-state index in [4.69, 9.17) is 0 Å². The normalized spacial score (nSPS) is 12.9. The molecular formula is C14H13N3O9S2. The molecule has 1 atom stereocenters. The zero-order valence-electron chi connectivity index (χ0n) is 14.0. The minimum absolute atomic E-state index is 0.553. The van der Waals surface area contributed by atoms with Crippen molar-refractivity contribution in [1.82, 2.24) is 0 Å². The molecule has 0 bridgehead atoms. The Labute approximate surface area is 158 Å². The number of anilines is 1. The highest BCUT2D eigenvalue weighted by Gasteiger charge is 2.32. The number of aliphatic hydroxyl groups excluding tert-OH is 1. The van der Waals surface area contributed by atoms with Gasteiger partial charge in [-0.2, -0.15) is 0 Å². The zero-order valence-corrected chi connectivity index (χ0v) is 15.7. The molecule has 2 N–H and O–H groups in total. The van der Waals surface area contributed by atoms with E-state index in [0.29, 0.717) is 6.07 Å². The molecule has 2 rings (SSSR count). The third-order valence-electron chi connectivity index (χ3n) is 3.53. The van der Waals surface area contributed by atoms with Gasteiger partial charge in [-0.15, -0.1) is 0 Å². The average Bonchev–Trinajstić information content (AvgIpc) is 2.61. The van der Waals surface area contributed by atoms with Gasteiger partial charge in [-0.3, -0.25) is 25.0 Å². The molecule has 0 radical (unpaired) electrons. The molecule has 2 aromatic rings. The van der Waals surface area contributed by atoms with Gasteiger partial charge < -0.3 is 5.11 Å². The van der Waals surface area contributed by atoms with E-state index in [2.05, 4.69) is 0 Å². The number of hydrogen-bond donors (Lipinski definition) is 2. The van der Waals surface area contributed by atoms with Crippen molar-refractivity contribution in [2.24, 2.45) is 0 Å².